The highest BCUT2D eigenvalue weighted by Gasteiger charge is 2.31. The average molecular weight is 351 g/mol. The lowest BCUT2D eigenvalue weighted by Crippen LogP contribution is -2.18. The summed E-state index contributed by atoms with van der Waals surface area (Å²) in [6, 6.07) is 10.5. The van der Waals surface area contributed by atoms with Gasteiger partial charge in [0.25, 0.3) is 0 Å². The van der Waals surface area contributed by atoms with Crippen LogP contribution in [0.2, 0.25) is 0 Å². The summed E-state index contributed by atoms with van der Waals surface area (Å²) < 4.78 is 38.7. The summed E-state index contributed by atoms with van der Waals surface area (Å²) in [6.07, 6.45) is -3.94. The van der Waals surface area contributed by atoms with Gasteiger partial charge in [-0.2, -0.15) is 13.2 Å². The molecule has 2 aromatic carbocycles. The third-order valence-electron chi connectivity index (χ3n) is 3.76. The zero-order valence-corrected chi connectivity index (χ0v) is 14.0. The maximum atomic E-state index is 12.9. The number of benzene rings is 2. The van der Waals surface area contributed by atoms with E-state index in [2.05, 4.69) is 5.32 Å². The molecule has 0 spiro atoms. The van der Waals surface area contributed by atoms with Gasteiger partial charge < -0.3 is 16.0 Å². The molecule has 4 nitrogen and oxygen atoms in total. The smallest absolute Gasteiger partial charge is 0.399 e. The van der Waals surface area contributed by atoms with E-state index in [1.54, 1.807) is 31.1 Å². The highest BCUT2D eigenvalue weighted by molar-refractivity contribution is 5.94. The van der Waals surface area contributed by atoms with E-state index < -0.39 is 11.7 Å². The number of anilines is 3. The fourth-order valence-corrected chi connectivity index (χ4v) is 2.43. The molecule has 0 heterocycles. The molecule has 0 aliphatic rings. The monoisotopic (exact) mass is 351 g/mol. The van der Waals surface area contributed by atoms with Crippen LogP contribution in [0, 0.1) is 0 Å². The molecule has 134 valence electrons. The molecule has 1 amide bonds. The second-order valence-corrected chi connectivity index (χ2v) is 5.87. The lowest BCUT2D eigenvalue weighted by Gasteiger charge is -2.20. The number of halogens is 3. The van der Waals surface area contributed by atoms with Gasteiger partial charge in [0.05, 0.1) is 16.9 Å². The first-order chi connectivity index (χ1) is 11.7. The van der Waals surface area contributed by atoms with Crippen LogP contribution in [0.4, 0.5) is 30.2 Å². The molecule has 2 rings (SSSR count). The third kappa shape index (κ3) is 4.89. The Bertz CT molecular complexity index is 757. The Hall–Kier alpha value is -2.70. The zero-order valence-electron chi connectivity index (χ0n) is 14.0. The highest BCUT2D eigenvalue weighted by Crippen LogP contribution is 2.35. The summed E-state index contributed by atoms with van der Waals surface area (Å²) in [5, 5.41) is 2.57. The zero-order chi connectivity index (χ0) is 18.6. The van der Waals surface area contributed by atoms with E-state index in [0.717, 1.165) is 17.7 Å². The standard InChI is InChI=1S/C18H20F3N3O/c1-24(2)16-9-8-13(18(19,20)21)11-15(16)23-17(25)10-7-12-5-3-4-6-14(12)22/h3-6,8-9,11H,7,10,22H2,1-2H3,(H,23,25). The molecule has 0 aliphatic heterocycles. The fraction of sp³-hybridized carbons (Fsp3) is 0.278. The van der Waals surface area contributed by atoms with Crippen molar-refractivity contribution in [3.8, 4) is 0 Å². The number of amides is 1. The molecule has 0 fully saturated rings. The normalized spacial score (nSPS) is 11.2. The molecular weight excluding hydrogens is 331 g/mol. The summed E-state index contributed by atoms with van der Waals surface area (Å²) in [7, 11) is 3.39. The Morgan fingerprint density at radius 1 is 1.16 bits per heavy atom. The molecule has 0 aliphatic carbocycles. The van der Waals surface area contributed by atoms with Gasteiger partial charge in [0.1, 0.15) is 0 Å². The minimum Gasteiger partial charge on any atom is -0.399 e. The van der Waals surface area contributed by atoms with E-state index >= 15 is 0 Å². The van der Waals surface area contributed by atoms with Gasteiger partial charge in [-0.05, 0) is 36.2 Å². The lowest BCUT2D eigenvalue weighted by atomic mass is 10.1. The van der Waals surface area contributed by atoms with E-state index in [1.165, 1.54) is 6.07 Å². The van der Waals surface area contributed by atoms with Gasteiger partial charge in [0, 0.05) is 26.2 Å². The van der Waals surface area contributed by atoms with E-state index in [9.17, 15) is 18.0 Å². The maximum Gasteiger partial charge on any atom is 0.416 e. The fourth-order valence-electron chi connectivity index (χ4n) is 2.43. The minimum absolute atomic E-state index is 0.122. The van der Waals surface area contributed by atoms with Gasteiger partial charge in [-0.15, -0.1) is 0 Å². The first kappa shape index (κ1) is 18.6. The molecule has 0 saturated heterocycles. The first-order valence-corrected chi connectivity index (χ1v) is 7.70. The minimum atomic E-state index is -4.47. The Morgan fingerprint density at radius 3 is 2.44 bits per heavy atom. The number of aryl methyl sites for hydroxylation is 1. The molecule has 3 N–H and O–H groups in total. The van der Waals surface area contributed by atoms with Gasteiger partial charge in [0.2, 0.25) is 5.91 Å². The second kappa shape index (κ2) is 7.46. The largest absolute Gasteiger partial charge is 0.416 e. The molecule has 7 heteroatoms. The van der Waals surface area contributed by atoms with Crippen LogP contribution in [-0.2, 0) is 17.4 Å². The number of carbonyl (C=O) groups is 1. The number of hydrogen-bond acceptors (Lipinski definition) is 3. The van der Waals surface area contributed by atoms with Crippen LogP contribution < -0.4 is 16.0 Å². The Balaban J connectivity index is 2.14. The molecule has 2 aromatic rings. The molecule has 0 bridgehead atoms. The Morgan fingerprint density at radius 2 is 1.84 bits per heavy atom. The van der Waals surface area contributed by atoms with Gasteiger partial charge in [-0.1, -0.05) is 18.2 Å². The van der Waals surface area contributed by atoms with Crippen molar-refractivity contribution in [1.82, 2.24) is 0 Å². The van der Waals surface area contributed by atoms with E-state index in [-0.39, 0.29) is 18.0 Å². The van der Waals surface area contributed by atoms with Gasteiger partial charge in [-0.3, -0.25) is 4.79 Å². The molecule has 0 aromatic heterocycles. The second-order valence-electron chi connectivity index (χ2n) is 5.87. The van der Waals surface area contributed by atoms with Crippen molar-refractivity contribution in [2.45, 2.75) is 19.0 Å². The average Bonchev–Trinajstić information content (AvgIpc) is 2.53. The summed E-state index contributed by atoms with van der Waals surface area (Å²) in [5.74, 6) is -0.370. The van der Waals surface area contributed by atoms with Crippen molar-refractivity contribution >= 4 is 23.0 Å². The Labute approximate surface area is 144 Å². The molecule has 25 heavy (non-hydrogen) atoms. The van der Waals surface area contributed by atoms with E-state index in [0.29, 0.717) is 17.8 Å². The van der Waals surface area contributed by atoms with Crippen LogP contribution in [0.15, 0.2) is 42.5 Å². The van der Waals surface area contributed by atoms with Crippen molar-refractivity contribution in [3.05, 3.63) is 53.6 Å². The molecule has 0 unspecified atom stereocenters. The van der Waals surface area contributed by atoms with Crippen molar-refractivity contribution in [2.75, 3.05) is 30.0 Å². The molecule has 0 radical (unpaired) electrons. The summed E-state index contributed by atoms with van der Waals surface area (Å²) >= 11 is 0. The molecule has 0 atom stereocenters. The number of alkyl halides is 3. The van der Waals surface area contributed by atoms with Crippen LogP contribution >= 0.6 is 0 Å². The predicted octanol–water partition coefficient (Wildman–Crippen LogP) is 3.92. The number of nitrogens with one attached hydrogen (secondary N) is 1. The van der Waals surface area contributed by atoms with Crippen molar-refractivity contribution in [3.63, 3.8) is 0 Å². The SMILES string of the molecule is CN(C)c1ccc(C(F)(F)F)cc1NC(=O)CCc1ccccc1N. The molecule has 0 saturated carbocycles. The maximum absolute atomic E-state index is 12.9. The first-order valence-electron chi connectivity index (χ1n) is 7.70. The molecular formula is C18H20F3N3O. The number of nitrogens with zero attached hydrogens (tertiary/aromatic N) is 1. The predicted molar refractivity (Wildman–Crippen MR) is 93.6 cm³/mol. The summed E-state index contributed by atoms with van der Waals surface area (Å²) in [5.41, 5.74) is 7.07. The van der Waals surface area contributed by atoms with Crippen LogP contribution in [0.5, 0.6) is 0 Å². The number of carbonyl (C=O) groups excluding carboxylic acids is 1. The lowest BCUT2D eigenvalue weighted by molar-refractivity contribution is -0.137. The van der Waals surface area contributed by atoms with Crippen molar-refractivity contribution in [2.24, 2.45) is 0 Å². The van der Waals surface area contributed by atoms with Gasteiger partial charge in [0.15, 0.2) is 0 Å². The Kier molecular flexibility index (Phi) is 5.56. The van der Waals surface area contributed by atoms with Crippen LogP contribution in [-0.4, -0.2) is 20.0 Å². The number of nitrogens with two attached hydrogens (primary N) is 1. The van der Waals surface area contributed by atoms with E-state index in [1.807, 2.05) is 12.1 Å². The van der Waals surface area contributed by atoms with Crippen LogP contribution in [0.3, 0.4) is 0 Å². The van der Waals surface area contributed by atoms with Gasteiger partial charge >= 0.3 is 6.18 Å². The highest BCUT2D eigenvalue weighted by atomic mass is 19.4. The van der Waals surface area contributed by atoms with Crippen molar-refractivity contribution in [1.29, 1.82) is 0 Å². The number of nitrogen functional groups attached to an aromatic ring is 1. The number of hydrogen-bond donors (Lipinski definition) is 2. The quantitative estimate of drug-likeness (QED) is 0.803. The van der Waals surface area contributed by atoms with Crippen LogP contribution in [0.25, 0.3) is 0 Å². The number of para-hydroxylation sites is 1. The van der Waals surface area contributed by atoms with Gasteiger partial charge in [-0.25, -0.2) is 0 Å². The number of rotatable bonds is 5. The summed E-state index contributed by atoms with van der Waals surface area (Å²) in [6.45, 7) is 0. The topological polar surface area (TPSA) is 58.4 Å². The van der Waals surface area contributed by atoms with E-state index in [4.69, 9.17) is 5.73 Å². The third-order valence-corrected chi connectivity index (χ3v) is 3.76. The van der Waals surface area contributed by atoms with Crippen molar-refractivity contribution < 1.29 is 18.0 Å². The van der Waals surface area contributed by atoms with Crippen LogP contribution in [0.1, 0.15) is 17.5 Å². The summed E-state index contributed by atoms with van der Waals surface area (Å²) in [4.78, 5) is 13.8.